The van der Waals surface area contributed by atoms with E-state index in [1.807, 2.05) is 24.3 Å². The van der Waals surface area contributed by atoms with Crippen molar-refractivity contribution in [2.75, 3.05) is 19.3 Å². The van der Waals surface area contributed by atoms with Crippen molar-refractivity contribution in [3.8, 4) is 0 Å². The zero-order valence-corrected chi connectivity index (χ0v) is 12.6. The number of para-hydroxylation sites is 1. The number of benzene rings is 1. The van der Waals surface area contributed by atoms with Crippen LogP contribution in [0.15, 0.2) is 29.3 Å². The van der Waals surface area contributed by atoms with Gasteiger partial charge in [0.1, 0.15) is 5.04 Å². The molecule has 2 heterocycles. The van der Waals surface area contributed by atoms with Crippen LogP contribution in [0.2, 0.25) is 0 Å². The molecule has 0 unspecified atom stereocenters. The monoisotopic (exact) mass is 307 g/mol. The van der Waals surface area contributed by atoms with Crippen molar-refractivity contribution in [3.63, 3.8) is 0 Å². The summed E-state index contributed by atoms with van der Waals surface area (Å²) in [6.07, 6.45) is 2.25. The van der Waals surface area contributed by atoms with E-state index < -0.39 is 21.3 Å². The summed E-state index contributed by atoms with van der Waals surface area (Å²) >= 11 is 0. The maximum Gasteiger partial charge on any atom is 0.314 e. The lowest BCUT2D eigenvalue weighted by molar-refractivity contribution is 0.183. The number of hydrogen-bond acceptors (Lipinski definition) is 4. The first-order valence-electron chi connectivity index (χ1n) is 6.78. The lowest BCUT2D eigenvalue weighted by atomic mass is 9.74. The van der Waals surface area contributed by atoms with Crippen LogP contribution in [0.3, 0.4) is 0 Å². The molecular formula is C14H17N3O3S. The van der Waals surface area contributed by atoms with Gasteiger partial charge in [-0.25, -0.2) is 18.2 Å². The molecule has 0 radical (unpaired) electrons. The molecule has 2 N–H and O–H groups in total. The van der Waals surface area contributed by atoms with Gasteiger partial charge in [-0.3, -0.25) is 0 Å². The summed E-state index contributed by atoms with van der Waals surface area (Å²) in [6, 6.07) is 7.03. The second-order valence-electron chi connectivity index (χ2n) is 5.61. The molecule has 1 saturated heterocycles. The quantitative estimate of drug-likeness (QED) is 0.780. The Morgan fingerprint density at radius 1 is 1.29 bits per heavy atom. The van der Waals surface area contributed by atoms with Crippen molar-refractivity contribution in [2.45, 2.75) is 18.3 Å². The van der Waals surface area contributed by atoms with Crippen molar-refractivity contribution in [1.29, 1.82) is 0 Å². The minimum atomic E-state index is -3.40. The van der Waals surface area contributed by atoms with E-state index in [1.54, 1.807) is 4.90 Å². The second-order valence-corrected chi connectivity index (χ2v) is 7.54. The number of rotatable bonds is 0. The van der Waals surface area contributed by atoms with Crippen molar-refractivity contribution in [1.82, 2.24) is 4.90 Å². The van der Waals surface area contributed by atoms with Gasteiger partial charge in [-0.05, 0) is 24.5 Å². The number of aliphatic imine (C=N–C) groups is 1. The fourth-order valence-electron chi connectivity index (χ4n) is 3.34. The molecule has 1 aromatic carbocycles. The molecule has 0 saturated carbocycles. The number of primary amides is 1. The summed E-state index contributed by atoms with van der Waals surface area (Å²) in [7, 11) is -3.40. The molecule has 7 heteroatoms. The number of carbonyl (C=O) groups is 1. The van der Waals surface area contributed by atoms with Crippen LogP contribution in [0.5, 0.6) is 0 Å². The average molecular weight is 307 g/mol. The van der Waals surface area contributed by atoms with Gasteiger partial charge in [-0.1, -0.05) is 18.2 Å². The summed E-state index contributed by atoms with van der Waals surface area (Å²) in [4.78, 5) is 17.2. The number of amides is 2. The first kappa shape index (κ1) is 14.1. The van der Waals surface area contributed by atoms with E-state index in [4.69, 9.17) is 5.73 Å². The first-order valence-corrected chi connectivity index (χ1v) is 8.67. The highest BCUT2D eigenvalue weighted by molar-refractivity contribution is 8.06. The van der Waals surface area contributed by atoms with Crippen molar-refractivity contribution in [3.05, 3.63) is 29.8 Å². The molecule has 1 aromatic rings. The molecule has 0 aliphatic carbocycles. The third-order valence-corrected chi connectivity index (χ3v) is 5.52. The first-order chi connectivity index (χ1) is 9.84. The van der Waals surface area contributed by atoms with E-state index >= 15 is 0 Å². The molecule has 21 heavy (non-hydrogen) atoms. The minimum absolute atomic E-state index is 0.223. The molecular weight excluding hydrogens is 290 g/mol. The number of piperidine rings is 1. The highest BCUT2D eigenvalue weighted by Gasteiger charge is 2.49. The van der Waals surface area contributed by atoms with Gasteiger partial charge >= 0.3 is 6.03 Å². The maximum absolute atomic E-state index is 12.2. The Morgan fingerprint density at radius 2 is 1.90 bits per heavy atom. The Hall–Kier alpha value is -1.89. The van der Waals surface area contributed by atoms with Crippen LogP contribution in [0, 0.1) is 0 Å². The Kier molecular flexibility index (Phi) is 3.05. The van der Waals surface area contributed by atoms with Gasteiger partial charge in [0, 0.05) is 19.3 Å². The number of nitrogens with zero attached hydrogens (tertiary/aromatic N) is 2. The number of likely N-dealkylation sites (tertiary alicyclic amines) is 1. The molecule has 0 bridgehead atoms. The van der Waals surface area contributed by atoms with Gasteiger partial charge in [0.25, 0.3) is 0 Å². The van der Waals surface area contributed by atoms with Gasteiger partial charge in [0.2, 0.25) is 0 Å². The van der Waals surface area contributed by atoms with Crippen molar-refractivity contribution >= 4 is 26.6 Å². The average Bonchev–Trinajstić information content (AvgIpc) is 2.75. The molecule has 0 aromatic heterocycles. The Morgan fingerprint density at radius 3 is 2.48 bits per heavy atom. The van der Waals surface area contributed by atoms with Crippen molar-refractivity contribution < 1.29 is 13.2 Å². The smallest absolute Gasteiger partial charge is 0.314 e. The van der Waals surface area contributed by atoms with Gasteiger partial charge in [0.15, 0.2) is 9.84 Å². The highest BCUT2D eigenvalue weighted by Crippen LogP contribution is 2.47. The summed E-state index contributed by atoms with van der Waals surface area (Å²) in [5.74, 6) is 0. The van der Waals surface area contributed by atoms with E-state index in [9.17, 15) is 13.2 Å². The lowest BCUT2D eigenvalue weighted by Gasteiger charge is -2.39. The van der Waals surface area contributed by atoms with Crippen LogP contribution >= 0.6 is 0 Å². The third-order valence-electron chi connectivity index (χ3n) is 4.33. The molecule has 2 aliphatic heterocycles. The fraction of sp³-hybridized carbons (Fsp3) is 0.429. The van der Waals surface area contributed by atoms with Crippen LogP contribution in [0.25, 0.3) is 0 Å². The molecule has 2 amide bonds. The third kappa shape index (κ3) is 2.12. The SMILES string of the molecule is CS(=O)(=O)C1=Nc2ccccc2C12CCN(C(N)=O)CC2. The van der Waals surface area contributed by atoms with E-state index in [0.717, 1.165) is 5.56 Å². The fourth-order valence-corrected chi connectivity index (χ4v) is 4.63. The standard InChI is InChI=1S/C14H17N3O3S/c1-21(19,20)12-14(6-8-17(9-7-14)13(15)18)10-4-2-3-5-11(10)16-12/h2-5H,6-9H2,1H3,(H2,15,18). The van der Waals surface area contributed by atoms with Crippen LogP contribution in [0.1, 0.15) is 18.4 Å². The van der Waals surface area contributed by atoms with E-state index in [-0.39, 0.29) is 5.04 Å². The normalized spacial score (nSPS) is 20.2. The van der Waals surface area contributed by atoms with Crippen molar-refractivity contribution in [2.24, 2.45) is 10.7 Å². The Bertz CT molecular complexity index is 732. The zero-order chi connectivity index (χ0) is 15.3. The predicted molar refractivity (Wildman–Crippen MR) is 80.4 cm³/mol. The van der Waals surface area contributed by atoms with Crippen LogP contribution < -0.4 is 5.73 Å². The second kappa shape index (κ2) is 4.56. The maximum atomic E-state index is 12.2. The number of hydrogen-bond donors (Lipinski definition) is 1. The topological polar surface area (TPSA) is 92.8 Å². The molecule has 112 valence electrons. The largest absolute Gasteiger partial charge is 0.351 e. The highest BCUT2D eigenvalue weighted by atomic mass is 32.2. The predicted octanol–water partition coefficient (Wildman–Crippen LogP) is 1.19. The Balaban J connectivity index is 2.07. The number of nitrogens with two attached hydrogens (primary N) is 1. The molecule has 6 nitrogen and oxygen atoms in total. The molecule has 1 fully saturated rings. The number of sulfone groups is 1. The number of fused-ring (bicyclic) bond motifs is 2. The van der Waals surface area contributed by atoms with Gasteiger partial charge in [0.05, 0.1) is 11.1 Å². The number of carbonyl (C=O) groups excluding carboxylic acids is 1. The van der Waals surface area contributed by atoms with Gasteiger partial charge in [-0.2, -0.15) is 0 Å². The lowest BCUT2D eigenvalue weighted by Crippen LogP contribution is -2.50. The van der Waals surface area contributed by atoms with Crippen LogP contribution in [-0.2, 0) is 15.3 Å². The summed E-state index contributed by atoms with van der Waals surface area (Å²) in [5.41, 5.74) is 6.35. The summed E-state index contributed by atoms with van der Waals surface area (Å²) < 4.78 is 24.3. The number of urea groups is 1. The van der Waals surface area contributed by atoms with Crippen LogP contribution in [-0.4, -0.2) is 43.7 Å². The summed E-state index contributed by atoms with van der Waals surface area (Å²) in [5, 5.41) is 0.223. The minimum Gasteiger partial charge on any atom is -0.351 e. The molecule has 3 rings (SSSR count). The molecule has 2 aliphatic rings. The van der Waals surface area contributed by atoms with Gasteiger partial charge in [-0.15, -0.1) is 0 Å². The van der Waals surface area contributed by atoms with E-state index in [2.05, 4.69) is 4.99 Å². The Labute approximate surface area is 123 Å². The summed E-state index contributed by atoms with van der Waals surface area (Å²) in [6.45, 7) is 0.885. The molecule has 1 spiro atoms. The van der Waals surface area contributed by atoms with E-state index in [1.165, 1.54) is 6.26 Å². The molecule has 0 atom stereocenters. The van der Waals surface area contributed by atoms with Gasteiger partial charge < -0.3 is 10.6 Å². The zero-order valence-electron chi connectivity index (χ0n) is 11.7. The van der Waals surface area contributed by atoms with E-state index in [0.29, 0.717) is 31.6 Å². The van der Waals surface area contributed by atoms with Crippen LogP contribution in [0.4, 0.5) is 10.5 Å².